The summed E-state index contributed by atoms with van der Waals surface area (Å²) in [5.41, 5.74) is -0.729. The molecule has 4 amide bonds. The number of imide groups is 1. The Labute approximate surface area is 208 Å². The van der Waals surface area contributed by atoms with E-state index in [2.05, 4.69) is 12.2 Å². The molecule has 0 aromatic heterocycles. The molecule has 192 valence electrons. The van der Waals surface area contributed by atoms with Crippen molar-refractivity contribution in [2.75, 3.05) is 40.3 Å². The molecule has 4 rings (SSSR count). The van der Waals surface area contributed by atoms with Crippen molar-refractivity contribution in [2.24, 2.45) is 11.3 Å². The van der Waals surface area contributed by atoms with Crippen LogP contribution in [0.5, 0.6) is 0 Å². The van der Waals surface area contributed by atoms with Gasteiger partial charge in [0.15, 0.2) is 0 Å². The van der Waals surface area contributed by atoms with Crippen LogP contribution in [0.4, 0.5) is 9.18 Å². The molecule has 1 saturated carbocycles. The molecule has 1 aliphatic carbocycles. The quantitative estimate of drug-likeness (QED) is 0.600. The first kappa shape index (κ1) is 25.6. The summed E-state index contributed by atoms with van der Waals surface area (Å²) in [6.07, 6.45) is 6.76. The van der Waals surface area contributed by atoms with E-state index in [1.54, 1.807) is 12.1 Å². The highest BCUT2D eigenvalue weighted by Gasteiger charge is 2.56. The summed E-state index contributed by atoms with van der Waals surface area (Å²) >= 11 is 0. The fourth-order valence-corrected chi connectivity index (χ4v) is 6.16. The maximum Gasteiger partial charge on any atom is 0.325 e. The number of likely N-dealkylation sites (tertiary alicyclic amines) is 1. The lowest BCUT2D eigenvalue weighted by Crippen LogP contribution is -2.58. The number of hydrogen-bond donors (Lipinski definition) is 1. The fourth-order valence-electron chi connectivity index (χ4n) is 6.16. The molecule has 0 spiro atoms. The lowest BCUT2D eigenvalue weighted by atomic mass is 9.72. The Morgan fingerprint density at radius 1 is 1.14 bits per heavy atom. The van der Waals surface area contributed by atoms with Gasteiger partial charge >= 0.3 is 6.03 Å². The number of likely N-dealkylation sites (N-methyl/N-ethyl adjacent to an activating group) is 1. The van der Waals surface area contributed by atoms with Gasteiger partial charge in [0.1, 0.15) is 11.4 Å². The molecule has 35 heavy (non-hydrogen) atoms. The highest BCUT2D eigenvalue weighted by atomic mass is 19.1. The smallest absolute Gasteiger partial charge is 0.325 e. The lowest BCUT2D eigenvalue weighted by Gasteiger charge is -2.44. The number of carbonyl (C=O) groups is 3. The summed E-state index contributed by atoms with van der Waals surface area (Å²) in [5.74, 6) is -0.503. The van der Waals surface area contributed by atoms with E-state index in [4.69, 9.17) is 0 Å². The van der Waals surface area contributed by atoms with Crippen molar-refractivity contribution in [3.8, 4) is 0 Å². The van der Waals surface area contributed by atoms with Gasteiger partial charge in [0.2, 0.25) is 5.91 Å². The van der Waals surface area contributed by atoms with Crippen LogP contribution in [-0.2, 0) is 16.0 Å². The van der Waals surface area contributed by atoms with Crippen molar-refractivity contribution in [2.45, 2.75) is 63.8 Å². The number of halogens is 1. The minimum absolute atomic E-state index is 0.130. The minimum atomic E-state index is -1.12. The Balaban J connectivity index is 1.54. The maximum absolute atomic E-state index is 14.0. The third kappa shape index (κ3) is 5.22. The molecular weight excluding hydrogens is 447 g/mol. The first-order chi connectivity index (χ1) is 16.6. The largest absolute Gasteiger partial charge is 0.342 e. The summed E-state index contributed by atoms with van der Waals surface area (Å²) in [7, 11) is 3.80. The van der Waals surface area contributed by atoms with Gasteiger partial charge in [0, 0.05) is 38.0 Å². The zero-order chi connectivity index (χ0) is 25.2. The molecule has 1 aromatic carbocycles. The number of hydrogen-bond acceptors (Lipinski definition) is 4. The molecule has 0 bridgehead atoms. The highest BCUT2D eigenvalue weighted by Crippen LogP contribution is 2.40. The third-order valence-electron chi connectivity index (χ3n) is 8.30. The molecule has 8 heteroatoms. The summed E-state index contributed by atoms with van der Waals surface area (Å²) < 4.78 is 14.0. The first-order valence-corrected chi connectivity index (χ1v) is 13.0. The van der Waals surface area contributed by atoms with Gasteiger partial charge in [-0.15, -0.1) is 0 Å². The van der Waals surface area contributed by atoms with Crippen molar-refractivity contribution >= 4 is 17.8 Å². The van der Waals surface area contributed by atoms with Crippen molar-refractivity contribution in [3.63, 3.8) is 0 Å². The summed E-state index contributed by atoms with van der Waals surface area (Å²) in [4.78, 5) is 45.3. The van der Waals surface area contributed by atoms with Gasteiger partial charge in [-0.1, -0.05) is 38.3 Å². The van der Waals surface area contributed by atoms with E-state index in [-0.39, 0.29) is 41.4 Å². The number of carbonyl (C=O) groups excluding carboxylic acids is 3. The molecule has 7 nitrogen and oxygen atoms in total. The predicted octanol–water partition coefficient (Wildman–Crippen LogP) is 3.43. The Morgan fingerprint density at radius 2 is 1.83 bits per heavy atom. The number of urea groups is 1. The summed E-state index contributed by atoms with van der Waals surface area (Å²) in [6.45, 7) is 4.12. The molecule has 2 aliphatic heterocycles. The SMILES string of the molecule is CN(C)CCN1C(=O)N[C@@](Cc2cccc(F)c2)(C2CCN(C(=O)C3(C)CCCCC3)CC2)C1=O. The van der Waals surface area contributed by atoms with Gasteiger partial charge in [-0.25, -0.2) is 9.18 Å². The number of amides is 4. The molecule has 0 unspecified atom stereocenters. The normalized spacial score (nSPS) is 25.3. The van der Waals surface area contributed by atoms with Crippen molar-refractivity contribution in [1.29, 1.82) is 0 Å². The molecule has 0 radical (unpaired) electrons. The van der Waals surface area contributed by atoms with Crippen LogP contribution in [-0.4, -0.2) is 78.4 Å². The second-order valence-corrected chi connectivity index (χ2v) is 11.2. The van der Waals surface area contributed by atoms with E-state index in [9.17, 15) is 18.8 Å². The van der Waals surface area contributed by atoms with E-state index in [0.29, 0.717) is 44.6 Å². The van der Waals surface area contributed by atoms with Gasteiger partial charge in [-0.2, -0.15) is 0 Å². The zero-order valence-electron chi connectivity index (χ0n) is 21.3. The predicted molar refractivity (Wildman–Crippen MR) is 132 cm³/mol. The van der Waals surface area contributed by atoms with Crippen LogP contribution >= 0.6 is 0 Å². The summed E-state index contributed by atoms with van der Waals surface area (Å²) in [6, 6.07) is 5.86. The van der Waals surface area contributed by atoms with Crippen LogP contribution in [0.3, 0.4) is 0 Å². The van der Waals surface area contributed by atoms with Gasteiger partial charge in [0.25, 0.3) is 5.91 Å². The first-order valence-electron chi connectivity index (χ1n) is 13.0. The number of nitrogens with one attached hydrogen (secondary N) is 1. The Morgan fingerprint density at radius 3 is 2.46 bits per heavy atom. The Kier molecular flexibility index (Phi) is 7.50. The van der Waals surface area contributed by atoms with Gasteiger partial charge in [0.05, 0.1) is 0 Å². The molecule has 2 saturated heterocycles. The minimum Gasteiger partial charge on any atom is -0.342 e. The molecule has 2 heterocycles. The van der Waals surface area contributed by atoms with Crippen LogP contribution in [0.2, 0.25) is 0 Å². The highest BCUT2D eigenvalue weighted by molar-refractivity contribution is 6.07. The van der Waals surface area contributed by atoms with Crippen molar-refractivity contribution < 1.29 is 18.8 Å². The van der Waals surface area contributed by atoms with E-state index < -0.39 is 5.54 Å². The number of rotatable bonds is 7. The Hall–Kier alpha value is -2.48. The van der Waals surface area contributed by atoms with Crippen LogP contribution in [0, 0.1) is 17.2 Å². The average molecular weight is 487 g/mol. The number of nitrogens with zero attached hydrogens (tertiary/aromatic N) is 3. The number of piperidine rings is 1. The molecule has 3 fully saturated rings. The molecule has 1 atom stereocenters. The van der Waals surface area contributed by atoms with E-state index in [0.717, 1.165) is 25.7 Å². The second-order valence-electron chi connectivity index (χ2n) is 11.2. The van der Waals surface area contributed by atoms with E-state index >= 15 is 0 Å². The van der Waals surface area contributed by atoms with Crippen LogP contribution in [0.1, 0.15) is 57.4 Å². The standard InChI is InChI=1S/C27H39FN4O3/c1-26(12-5-4-6-13-26)23(33)31-14-10-21(11-15-31)27(19-20-8-7-9-22(28)18-20)24(34)32(25(35)29-27)17-16-30(2)3/h7-9,18,21H,4-6,10-17,19H2,1-3H3,(H,29,35)/t27-/m0/s1. The maximum atomic E-state index is 14.0. The van der Waals surface area contributed by atoms with Crippen LogP contribution < -0.4 is 5.32 Å². The van der Waals surface area contributed by atoms with Gasteiger partial charge in [-0.05, 0) is 63.4 Å². The van der Waals surface area contributed by atoms with Gasteiger partial charge in [-0.3, -0.25) is 14.5 Å². The second kappa shape index (κ2) is 10.2. The molecule has 1 aromatic rings. The molecular formula is C27H39FN4O3. The van der Waals surface area contributed by atoms with Crippen molar-refractivity contribution in [1.82, 2.24) is 20.0 Å². The van der Waals surface area contributed by atoms with E-state index in [1.165, 1.54) is 23.5 Å². The average Bonchev–Trinajstić information content (AvgIpc) is 3.07. The third-order valence-corrected chi connectivity index (χ3v) is 8.30. The van der Waals surface area contributed by atoms with E-state index in [1.807, 2.05) is 23.9 Å². The van der Waals surface area contributed by atoms with Crippen molar-refractivity contribution in [3.05, 3.63) is 35.6 Å². The van der Waals surface area contributed by atoms with Crippen LogP contribution in [0.15, 0.2) is 24.3 Å². The topological polar surface area (TPSA) is 73.0 Å². The number of benzene rings is 1. The zero-order valence-corrected chi connectivity index (χ0v) is 21.3. The van der Waals surface area contributed by atoms with Crippen LogP contribution in [0.25, 0.3) is 0 Å². The molecule has 1 N–H and O–H groups in total. The summed E-state index contributed by atoms with van der Waals surface area (Å²) in [5, 5.41) is 3.04. The lowest BCUT2D eigenvalue weighted by molar-refractivity contribution is -0.145. The Bertz CT molecular complexity index is 953. The van der Waals surface area contributed by atoms with Gasteiger partial charge < -0.3 is 15.1 Å². The fraction of sp³-hybridized carbons (Fsp3) is 0.667. The monoisotopic (exact) mass is 486 g/mol. The molecule has 3 aliphatic rings.